The van der Waals surface area contributed by atoms with Crippen LogP contribution in [0.25, 0.3) is 0 Å². The first-order valence-electron chi connectivity index (χ1n) is 12.3. The highest BCUT2D eigenvalue weighted by atomic mass is 16.4. The van der Waals surface area contributed by atoms with Crippen molar-refractivity contribution >= 4 is 11.9 Å². The van der Waals surface area contributed by atoms with Crippen molar-refractivity contribution in [1.82, 2.24) is 9.80 Å². The molecule has 1 spiro atoms. The third kappa shape index (κ3) is 5.88. The summed E-state index contributed by atoms with van der Waals surface area (Å²) in [6.45, 7) is 4.94. The van der Waals surface area contributed by atoms with Crippen LogP contribution in [0.15, 0.2) is 24.3 Å². The molecule has 1 unspecified atom stereocenters. The third-order valence-corrected chi connectivity index (χ3v) is 7.69. The van der Waals surface area contributed by atoms with Crippen molar-refractivity contribution in [2.24, 2.45) is 11.3 Å². The Hall–Kier alpha value is -1.88. The van der Waals surface area contributed by atoms with Gasteiger partial charge in [-0.1, -0.05) is 43.5 Å². The number of rotatable bonds is 6. The van der Waals surface area contributed by atoms with E-state index in [-0.39, 0.29) is 17.7 Å². The minimum Gasteiger partial charge on any atom is -0.481 e. The van der Waals surface area contributed by atoms with Gasteiger partial charge >= 0.3 is 5.97 Å². The lowest BCUT2D eigenvalue weighted by atomic mass is 9.74. The number of likely N-dealkylation sites (tertiary alicyclic amines) is 1. The van der Waals surface area contributed by atoms with Crippen molar-refractivity contribution < 1.29 is 14.7 Å². The zero-order chi connectivity index (χ0) is 21.7. The smallest absolute Gasteiger partial charge is 0.303 e. The van der Waals surface area contributed by atoms with E-state index in [4.69, 9.17) is 5.11 Å². The molecule has 3 aliphatic rings. The normalized spacial score (nSPS) is 25.2. The number of hydrogen-bond acceptors (Lipinski definition) is 3. The van der Waals surface area contributed by atoms with Gasteiger partial charge in [0.1, 0.15) is 0 Å². The van der Waals surface area contributed by atoms with Gasteiger partial charge in [0.25, 0.3) is 0 Å². The molecule has 0 radical (unpaired) electrons. The highest BCUT2D eigenvalue weighted by molar-refractivity contribution is 5.77. The highest BCUT2D eigenvalue weighted by Crippen LogP contribution is 2.39. The van der Waals surface area contributed by atoms with E-state index in [0.29, 0.717) is 19.4 Å². The molecule has 1 atom stereocenters. The Morgan fingerprint density at radius 2 is 1.77 bits per heavy atom. The van der Waals surface area contributed by atoms with Crippen LogP contribution in [0.5, 0.6) is 0 Å². The van der Waals surface area contributed by atoms with Crippen LogP contribution in [-0.2, 0) is 22.6 Å². The van der Waals surface area contributed by atoms with Crippen molar-refractivity contribution in [1.29, 1.82) is 0 Å². The monoisotopic (exact) mass is 426 g/mol. The zero-order valence-electron chi connectivity index (χ0n) is 18.9. The number of carbonyl (C=O) groups is 2. The molecule has 1 aromatic rings. The number of benzene rings is 1. The molecular formula is C26H38N2O3. The van der Waals surface area contributed by atoms with Gasteiger partial charge in [0.2, 0.25) is 5.91 Å². The van der Waals surface area contributed by atoms with Crippen LogP contribution in [-0.4, -0.2) is 53.0 Å². The Bertz CT molecular complexity index is 774. The van der Waals surface area contributed by atoms with Gasteiger partial charge in [-0.2, -0.15) is 0 Å². The molecule has 1 amide bonds. The second-order valence-corrected chi connectivity index (χ2v) is 10.3. The molecule has 2 heterocycles. The van der Waals surface area contributed by atoms with Crippen molar-refractivity contribution in [2.45, 2.75) is 77.2 Å². The van der Waals surface area contributed by atoms with Gasteiger partial charge in [-0.25, -0.2) is 0 Å². The summed E-state index contributed by atoms with van der Waals surface area (Å²) in [5, 5.41) is 8.94. The summed E-state index contributed by atoms with van der Waals surface area (Å²) in [6.07, 6.45) is 11.2. The number of carboxylic acid groups (broad SMARTS) is 1. The van der Waals surface area contributed by atoms with Crippen molar-refractivity contribution in [3.05, 3.63) is 35.4 Å². The topological polar surface area (TPSA) is 60.9 Å². The van der Waals surface area contributed by atoms with E-state index in [0.717, 1.165) is 25.4 Å². The zero-order valence-corrected chi connectivity index (χ0v) is 18.9. The molecule has 2 aliphatic heterocycles. The van der Waals surface area contributed by atoms with Gasteiger partial charge in [-0.05, 0) is 62.1 Å². The molecule has 1 aliphatic carbocycles. The SMILES string of the molecule is O=C(O)CCCC(=O)N1Cc2ccccc2CC2(CCCN(CC3CCCCC3)C2)C1. The summed E-state index contributed by atoms with van der Waals surface area (Å²) < 4.78 is 0. The van der Waals surface area contributed by atoms with Gasteiger partial charge < -0.3 is 14.9 Å². The Balaban J connectivity index is 1.49. The third-order valence-electron chi connectivity index (χ3n) is 7.69. The quantitative estimate of drug-likeness (QED) is 0.728. The Morgan fingerprint density at radius 1 is 1.00 bits per heavy atom. The standard InChI is InChI=1S/C26H38N2O3/c29-24(12-6-13-25(30)31)28-18-23-11-5-4-10-22(23)16-26(20-28)14-7-15-27(19-26)17-21-8-2-1-3-9-21/h4-5,10-11,21H,1-3,6-9,12-20H2,(H,30,31). The summed E-state index contributed by atoms with van der Waals surface area (Å²) in [5.41, 5.74) is 2.76. The van der Waals surface area contributed by atoms with Crippen molar-refractivity contribution in [2.75, 3.05) is 26.2 Å². The summed E-state index contributed by atoms with van der Waals surface area (Å²) in [7, 11) is 0. The number of nitrogens with zero attached hydrogens (tertiary/aromatic N) is 2. The molecule has 31 heavy (non-hydrogen) atoms. The first-order valence-corrected chi connectivity index (χ1v) is 12.3. The molecule has 170 valence electrons. The van der Waals surface area contributed by atoms with Crippen LogP contribution in [0.2, 0.25) is 0 Å². The summed E-state index contributed by atoms with van der Waals surface area (Å²) in [5.74, 6) is 0.133. The molecule has 2 fully saturated rings. The fraction of sp³-hybridized carbons (Fsp3) is 0.692. The average molecular weight is 427 g/mol. The maximum atomic E-state index is 13.1. The number of carbonyl (C=O) groups excluding carboxylic acids is 1. The molecule has 5 nitrogen and oxygen atoms in total. The van der Waals surface area contributed by atoms with Crippen LogP contribution < -0.4 is 0 Å². The van der Waals surface area contributed by atoms with Crippen molar-refractivity contribution in [3.63, 3.8) is 0 Å². The highest BCUT2D eigenvalue weighted by Gasteiger charge is 2.40. The average Bonchev–Trinajstić information content (AvgIpc) is 2.90. The summed E-state index contributed by atoms with van der Waals surface area (Å²) in [4.78, 5) is 28.7. The number of hydrogen-bond donors (Lipinski definition) is 1. The first kappa shape index (κ1) is 22.3. The second kappa shape index (κ2) is 10.2. The maximum absolute atomic E-state index is 13.1. The van der Waals surface area contributed by atoms with E-state index in [2.05, 4.69) is 29.2 Å². The van der Waals surface area contributed by atoms with Gasteiger partial charge in [-0.15, -0.1) is 0 Å². The van der Waals surface area contributed by atoms with E-state index in [1.54, 1.807) is 0 Å². The number of carboxylic acids is 1. The maximum Gasteiger partial charge on any atom is 0.303 e. The fourth-order valence-corrected chi connectivity index (χ4v) is 6.21. The van der Waals surface area contributed by atoms with E-state index >= 15 is 0 Å². The predicted molar refractivity (Wildman–Crippen MR) is 122 cm³/mol. The molecule has 4 rings (SSSR count). The Labute approximate surface area is 186 Å². The lowest BCUT2D eigenvalue weighted by molar-refractivity contribution is -0.137. The van der Waals surface area contributed by atoms with E-state index < -0.39 is 5.97 Å². The minimum absolute atomic E-state index is 0.0659. The summed E-state index contributed by atoms with van der Waals surface area (Å²) >= 11 is 0. The predicted octanol–water partition coefficient (Wildman–Crippen LogP) is 4.49. The molecule has 1 saturated heterocycles. The summed E-state index contributed by atoms with van der Waals surface area (Å²) in [6, 6.07) is 8.60. The van der Waals surface area contributed by atoms with E-state index in [1.165, 1.54) is 69.2 Å². The molecule has 1 saturated carbocycles. The van der Waals surface area contributed by atoms with E-state index in [1.807, 2.05) is 4.90 Å². The molecule has 1 N–H and O–H groups in total. The first-order chi connectivity index (χ1) is 15.0. The molecule has 0 aromatic heterocycles. The van der Waals surface area contributed by atoms with Crippen molar-refractivity contribution in [3.8, 4) is 0 Å². The van der Waals surface area contributed by atoms with Crippen LogP contribution in [0.1, 0.15) is 75.3 Å². The number of piperidine rings is 1. The molecular weight excluding hydrogens is 388 g/mol. The molecule has 5 heteroatoms. The minimum atomic E-state index is -0.823. The lowest BCUT2D eigenvalue weighted by Crippen LogP contribution is -2.51. The largest absolute Gasteiger partial charge is 0.481 e. The lowest BCUT2D eigenvalue weighted by Gasteiger charge is -2.45. The van der Waals surface area contributed by atoms with Gasteiger partial charge in [0, 0.05) is 44.4 Å². The molecule has 1 aromatic carbocycles. The van der Waals surface area contributed by atoms with Gasteiger partial charge in [0.05, 0.1) is 0 Å². The number of aliphatic carboxylic acids is 1. The van der Waals surface area contributed by atoms with Crippen LogP contribution in [0.3, 0.4) is 0 Å². The van der Waals surface area contributed by atoms with Gasteiger partial charge in [0.15, 0.2) is 0 Å². The second-order valence-electron chi connectivity index (χ2n) is 10.3. The van der Waals surface area contributed by atoms with E-state index in [9.17, 15) is 9.59 Å². The number of fused-ring (bicyclic) bond motifs is 1. The van der Waals surface area contributed by atoms with Crippen LogP contribution in [0.4, 0.5) is 0 Å². The van der Waals surface area contributed by atoms with Crippen LogP contribution in [0, 0.1) is 11.3 Å². The van der Waals surface area contributed by atoms with Gasteiger partial charge in [-0.3, -0.25) is 9.59 Å². The van der Waals surface area contributed by atoms with Crippen LogP contribution >= 0.6 is 0 Å². The fourth-order valence-electron chi connectivity index (χ4n) is 6.21. The number of amides is 1. The Morgan fingerprint density at radius 3 is 2.55 bits per heavy atom. The molecule has 0 bridgehead atoms. The Kier molecular flexibility index (Phi) is 7.31.